The van der Waals surface area contributed by atoms with Gasteiger partial charge >= 0.3 is 0 Å². The van der Waals surface area contributed by atoms with Crippen LogP contribution >= 0.6 is 11.3 Å². The summed E-state index contributed by atoms with van der Waals surface area (Å²) >= 11 is 1.75. The van der Waals surface area contributed by atoms with Crippen LogP contribution in [0.15, 0.2) is 36.4 Å². The van der Waals surface area contributed by atoms with E-state index in [1.807, 2.05) is 31.0 Å². The maximum atomic E-state index is 4.52. The van der Waals surface area contributed by atoms with Crippen molar-refractivity contribution in [2.75, 3.05) is 13.1 Å². The van der Waals surface area contributed by atoms with Crippen molar-refractivity contribution in [3.63, 3.8) is 0 Å². The molecule has 0 bridgehead atoms. The van der Waals surface area contributed by atoms with Crippen LogP contribution in [-0.2, 0) is 13.1 Å². The topological polar surface area (TPSA) is 58.4 Å². The maximum Gasteiger partial charge on any atom is 0.155 e. The first-order valence-electron chi connectivity index (χ1n) is 8.93. The standard InChI is InChI=1S/C18H22N6S/c1-3-19-4-2-18(1)9-15(18)23(13-17-21-6-8-25-17)12-14-10-22-16-11-20-5-7-24(14)16/h5-8,10-11,15,19H,1-4,9,12-13H2. The molecule has 0 aromatic carbocycles. The summed E-state index contributed by atoms with van der Waals surface area (Å²) in [6.45, 7) is 4.15. The van der Waals surface area contributed by atoms with E-state index in [1.165, 1.54) is 30.0 Å². The highest BCUT2D eigenvalue weighted by atomic mass is 32.1. The van der Waals surface area contributed by atoms with Crippen molar-refractivity contribution in [3.05, 3.63) is 47.1 Å². The predicted octanol–water partition coefficient (Wildman–Crippen LogP) is 2.33. The van der Waals surface area contributed by atoms with E-state index in [-0.39, 0.29) is 0 Å². The molecule has 130 valence electrons. The Morgan fingerprint density at radius 2 is 2.12 bits per heavy atom. The van der Waals surface area contributed by atoms with Gasteiger partial charge in [0.25, 0.3) is 0 Å². The molecule has 1 unspecified atom stereocenters. The highest BCUT2D eigenvalue weighted by Gasteiger charge is 2.56. The summed E-state index contributed by atoms with van der Waals surface area (Å²) in [6.07, 6.45) is 13.5. The van der Waals surface area contributed by atoms with Crippen LogP contribution in [0.2, 0.25) is 0 Å². The zero-order valence-electron chi connectivity index (χ0n) is 14.1. The lowest BCUT2D eigenvalue weighted by atomic mass is 9.93. The van der Waals surface area contributed by atoms with E-state index in [0.717, 1.165) is 31.8 Å². The Kier molecular flexibility index (Phi) is 3.80. The predicted molar refractivity (Wildman–Crippen MR) is 97.3 cm³/mol. The molecule has 3 aromatic heterocycles. The number of nitrogens with zero attached hydrogens (tertiary/aromatic N) is 5. The minimum atomic E-state index is 0.518. The number of rotatable bonds is 5. The zero-order chi connectivity index (χ0) is 16.7. The zero-order valence-corrected chi connectivity index (χ0v) is 15.0. The fourth-order valence-electron chi connectivity index (χ4n) is 4.31. The molecule has 4 heterocycles. The van der Waals surface area contributed by atoms with Crippen LogP contribution in [-0.4, -0.2) is 43.4 Å². The molecule has 1 saturated heterocycles. The summed E-state index contributed by atoms with van der Waals surface area (Å²) in [5.74, 6) is 0. The van der Waals surface area contributed by atoms with Gasteiger partial charge in [0.2, 0.25) is 0 Å². The van der Waals surface area contributed by atoms with Crippen LogP contribution < -0.4 is 5.32 Å². The molecular weight excluding hydrogens is 332 g/mol. The average molecular weight is 354 g/mol. The van der Waals surface area contributed by atoms with Crippen molar-refractivity contribution in [1.29, 1.82) is 0 Å². The molecule has 3 aromatic rings. The Bertz CT molecular complexity index is 851. The number of hydrogen-bond donors (Lipinski definition) is 1. The minimum Gasteiger partial charge on any atom is -0.317 e. The number of aromatic nitrogens is 4. The monoisotopic (exact) mass is 354 g/mol. The Morgan fingerprint density at radius 3 is 2.96 bits per heavy atom. The van der Waals surface area contributed by atoms with Crippen molar-refractivity contribution in [3.8, 4) is 0 Å². The maximum absolute atomic E-state index is 4.52. The molecule has 1 atom stereocenters. The molecule has 0 amide bonds. The second-order valence-electron chi connectivity index (χ2n) is 7.22. The molecule has 7 heteroatoms. The molecule has 0 radical (unpaired) electrons. The molecule has 1 N–H and O–H groups in total. The largest absolute Gasteiger partial charge is 0.317 e. The highest BCUT2D eigenvalue weighted by molar-refractivity contribution is 7.09. The Hall–Kier alpha value is -1.83. The minimum absolute atomic E-state index is 0.518. The molecule has 1 aliphatic carbocycles. The first kappa shape index (κ1) is 15.4. The van der Waals surface area contributed by atoms with E-state index >= 15 is 0 Å². The van der Waals surface area contributed by atoms with Gasteiger partial charge in [-0.05, 0) is 37.8 Å². The Balaban J connectivity index is 1.41. The first-order chi connectivity index (χ1) is 12.3. The van der Waals surface area contributed by atoms with Gasteiger partial charge in [0.05, 0.1) is 24.6 Å². The number of thiazole rings is 1. The van der Waals surface area contributed by atoms with Gasteiger partial charge in [0, 0.05) is 36.6 Å². The number of imidazole rings is 1. The van der Waals surface area contributed by atoms with Crippen molar-refractivity contribution in [1.82, 2.24) is 29.6 Å². The summed E-state index contributed by atoms with van der Waals surface area (Å²) < 4.78 is 2.15. The fourth-order valence-corrected chi connectivity index (χ4v) is 4.95. The van der Waals surface area contributed by atoms with E-state index < -0.39 is 0 Å². The van der Waals surface area contributed by atoms with Crippen molar-refractivity contribution in [2.45, 2.75) is 38.4 Å². The normalized spacial score (nSPS) is 22.0. The quantitative estimate of drug-likeness (QED) is 0.762. The van der Waals surface area contributed by atoms with Crippen LogP contribution in [0.1, 0.15) is 30.0 Å². The lowest BCUT2D eigenvalue weighted by Gasteiger charge is -2.29. The third kappa shape index (κ3) is 2.86. The molecular formula is C18H22N6S. The van der Waals surface area contributed by atoms with E-state index in [1.54, 1.807) is 11.3 Å². The van der Waals surface area contributed by atoms with Gasteiger partial charge in [-0.1, -0.05) is 0 Å². The molecule has 25 heavy (non-hydrogen) atoms. The van der Waals surface area contributed by atoms with E-state index in [0.29, 0.717) is 11.5 Å². The third-order valence-electron chi connectivity index (χ3n) is 5.77. The number of fused-ring (bicyclic) bond motifs is 1. The molecule has 1 aliphatic heterocycles. The Morgan fingerprint density at radius 1 is 1.20 bits per heavy atom. The number of nitrogens with one attached hydrogen (secondary N) is 1. The van der Waals surface area contributed by atoms with Crippen LogP contribution in [0, 0.1) is 5.41 Å². The molecule has 5 rings (SSSR count). The molecule has 1 saturated carbocycles. The molecule has 2 fully saturated rings. The van der Waals surface area contributed by atoms with E-state index in [9.17, 15) is 0 Å². The number of hydrogen-bond acceptors (Lipinski definition) is 6. The molecule has 2 aliphatic rings. The summed E-state index contributed by atoms with van der Waals surface area (Å²) in [4.78, 5) is 15.8. The summed E-state index contributed by atoms with van der Waals surface area (Å²) in [5.41, 5.74) is 2.66. The first-order valence-corrected chi connectivity index (χ1v) is 9.81. The van der Waals surface area contributed by atoms with Gasteiger partial charge in [-0.25, -0.2) is 9.97 Å². The van der Waals surface area contributed by atoms with Gasteiger partial charge in [-0.2, -0.15) is 0 Å². The van der Waals surface area contributed by atoms with Gasteiger partial charge < -0.3 is 5.32 Å². The van der Waals surface area contributed by atoms with Crippen molar-refractivity contribution in [2.24, 2.45) is 5.41 Å². The van der Waals surface area contributed by atoms with Gasteiger partial charge in [-0.15, -0.1) is 11.3 Å². The SMILES string of the molecule is c1cn2c(CN(Cc3nccs3)C3CC34CCNCC4)cnc2cn1. The lowest BCUT2D eigenvalue weighted by Crippen LogP contribution is -2.36. The second kappa shape index (κ2) is 6.16. The summed E-state index contributed by atoms with van der Waals surface area (Å²) in [5, 5.41) is 6.78. The van der Waals surface area contributed by atoms with Crippen LogP contribution in [0.4, 0.5) is 0 Å². The van der Waals surface area contributed by atoms with Crippen molar-refractivity contribution < 1.29 is 0 Å². The van der Waals surface area contributed by atoms with Gasteiger partial charge in [0.1, 0.15) is 5.01 Å². The van der Waals surface area contributed by atoms with Gasteiger partial charge in [0.15, 0.2) is 5.65 Å². The second-order valence-corrected chi connectivity index (χ2v) is 8.20. The third-order valence-corrected chi connectivity index (χ3v) is 6.53. The van der Waals surface area contributed by atoms with Crippen LogP contribution in [0.5, 0.6) is 0 Å². The molecule has 1 spiro atoms. The summed E-state index contributed by atoms with van der Waals surface area (Å²) in [6, 6.07) is 0.658. The highest BCUT2D eigenvalue weighted by Crippen LogP contribution is 2.56. The van der Waals surface area contributed by atoms with Crippen LogP contribution in [0.25, 0.3) is 5.65 Å². The van der Waals surface area contributed by atoms with Crippen molar-refractivity contribution >= 4 is 17.0 Å². The number of piperidine rings is 1. The molecule has 6 nitrogen and oxygen atoms in total. The lowest BCUT2D eigenvalue weighted by molar-refractivity contribution is 0.185. The van der Waals surface area contributed by atoms with E-state index in [2.05, 4.69) is 34.9 Å². The Labute approximate surface area is 150 Å². The van der Waals surface area contributed by atoms with Crippen LogP contribution in [0.3, 0.4) is 0 Å². The smallest absolute Gasteiger partial charge is 0.155 e. The fraction of sp³-hybridized carbons (Fsp3) is 0.500. The average Bonchev–Trinajstić information content (AvgIpc) is 3.03. The van der Waals surface area contributed by atoms with Gasteiger partial charge in [-0.3, -0.25) is 14.3 Å². The summed E-state index contributed by atoms with van der Waals surface area (Å²) in [7, 11) is 0. The van der Waals surface area contributed by atoms with E-state index in [4.69, 9.17) is 0 Å².